The highest BCUT2D eigenvalue weighted by Gasteiger charge is 2.20. The maximum atomic E-state index is 12.4. The summed E-state index contributed by atoms with van der Waals surface area (Å²) in [7, 11) is 1.62. The molecular weight excluding hydrogens is 334 g/mol. The highest BCUT2D eigenvalue weighted by atomic mass is 16.5. The van der Waals surface area contributed by atoms with Crippen molar-refractivity contribution in [2.75, 3.05) is 39.8 Å². The molecule has 1 fully saturated rings. The number of aromatic nitrogens is 3. The molecule has 1 aliphatic rings. The van der Waals surface area contributed by atoms with Crippen molar-refractivity contribution in [3.63, 3.8) is 0 Å². The molecule has 1 amide bonds. The van der Waals surface area contributed by atoms with Crippen molar-refractivity contribution in [1.82, 2.24) is 24.8 Å². The summed E-state index contributed by atoms with van der Waals surface area (Å²) in [6.07, 6.45) is 1.75. The van der Waals surface area contributed by atoms with E-state index in [4.69, 9.17) is 9.47 Å². The average Bonchev–Trinajstić information content (AvgIpc) is 3.14. The molecule has 3 rings (SSSR count). The van der Waals surface area contributed by atoms with Gasteiger partial charge in [0.25, 0.3) is 0 Å². The van der Waals surface area contributed by atoms with E-state index >= 15 is 0 Å². The molecule has 0 radical (unpaired) electrons. The number of benzene rings is 1. The quantitative estimate of drug-likeness (QED) is 0.735. The number of carbonyl (C=O) groups excluding carboxylic acids is 1. The highest BCUT2D eigenvalue weighted by molar-refractivity contribution is 5.76. The number of carbonyl (C=O) groups is 1. The van der Waals surface area contributed by atoms with Gasteiger partial charge in [-0.05, 0) is 30.8 Å². The lowest BCUT2D eigenvalue weighted by Crippen LogP contribution is -2.49. The summed E-state index contributed by atoms with van der Waals surface area (Å²) in [5, 5.41) is 8.10. The average molecular weight is 359 g/mol. The molecule has 8 nitrogen and oxygen atoms in total. The second kappa shape index (κ2) is 8.66. The van der Waals surface area contributed by atoms with E-state index in [1.165, 1.54) is 0 Å². The normalized spacial score (nSPS) is 15.1. The molecule has 1 aromatic heterocycles. The first kappa shape index (κ1) is 18.2. The van der Waals surface area contributed by atoms with Crippen LogP contribution in [0.1, 0.15) is 12.6 Å². The van der Waals surface area contributed by atoms with Crippen LogP contribution < -0.4 is 9.47 Å². The molecule has 1 aromatic carbocycles. The molecule has 2 heterocycles. The van der Waals surface area contributed by atoms with Gasteiger partial charge >= 0.3 is 0 Å². The second-order valence-electron chi connectivity index (χ2n) is 6.19. The van der Waals surface area contributed by atoms with E-state index in [2.05, 4.69) is 22.1 Å². The number of ether oxygens (including phenoxy) is 2. The monoisotopic (exact) mass is 359 g/mol. The third-order valence-corrected chi connectivity index (χ3v) is 4.50. The first-order valence-electron chi connectivity index (χ1n) is 8.84. The SMILES string of the molecule is CCN1CCN(C(=O)Cn2cc(COc3ccc(OC)cc3)nn2)CC1. The predicted molar refractivity (Wildman–Crippen MR) is 96.0 cm³/mol. The fourth-order valence-corrected chi connectivity index (χ4v) is 2.86. The number of piperazine rings is 1. The van der Waals surface area contributed by atoms with Gasteiger partial charge in [-0.15, -0.1) is 5.10 Å². The molecule has 0 aliphatic carbocycles. The van der Waals surface area contributed by atoms with E-state index in [1.807, 2.05) is 29.2 Å². The summed E-state index contributed by atoms with van der Waals surface area (Å²) in [6, 6.07) is 7.34. The summed E-state index contributed by atoms with van der Waals surface area (Å²) >= 11 is 0. The van der Waals surface area contributed by atoms with Crippen molar-refractivity contribution in [3.8, 4) is 11.5 Å². The molecule has 0 bridgehead atoms. The molecule has 1 saturated heterocycles. The van der Waals surface area contributed by atoms with Crippen LogP contribution in [0, 0.1) is 0 Å². The molecule has 1 aliphatic heterocycles. The topological polar surface area (TPSA) is 72.7 Å². The molecule has 8 heteroatoms. The van der Waals surface area contributed by atoms with Crippen molar-refractivity contribution in [2.24, 2.45) is 0 Å². The molecule has 140 valence electrons. The van der Waals surface area contributed by atoms with Crippen LogP contribution in [-0.4, -0.2) is 70.5 Å². The molecule has 0 spiro atoms. The summed E-state index contributed by atoms with van der Waals surface area (Å²) in [4.78, 5) is 16.6. The number of rotatable bonds is 7. The number of hydrogen-bond donors (Lipinski definition) is 0. The van der Waals surface area contributed by atoms with Crippen molar-refractivity contribution >= 4 is 5.91 Å². The van der Waals surface area contributed by atoms with E-state index in [0.717, 1.165) is 44.2 Å². The summed E-state index contributed by atoms with van der Waals surface area (Å²) < 4.78 is 12.4. The lowest BCUT2D eigenvalue weighted by Gasteiger charge is -2.33. The van der Waals surface area contributed by atoms with Crippen molar-refractivity contribution in [1.29, 1.82) is 0 Å². The molecular formula is C18H25N5O3. The van der Waals surface area contributed by atoms with Gasteiger partial charge in [0.15, 0.2) is 0 Å². The van der Waals surface area contributed by atoms with Crippen LogP contribution in [0.15, 0.2) is 30.5 Å². The minimum absolute atomic E-state index is 0.0771. The Bertz CT molecular complexity index is 708. The van der Waals surface area contributed by atoms with Crippen LogP contribution >= 0.6 is 0 Å². The molecule has 2 aromatic rings. The molecule has 0 unspecified atom stereocenters. The van der Waals surface area contributed by atoms with Gasteiger partial charge in [-0.25, -0.2) is 4.68 Å². The maximum Gasteiger partial charge on any atom is 0.244 e. The van der Waals surface area contributed by atoms with Crippen molar-refractivity contribution in [3.05, 3.63) is 36.2 Å². The number of hydrogen-bond acceptors (Lipinski definition) is 6. The van der Waals surface area contributed by atoms with Crippen LogP contribution in [0.4, 0.5) is 0 Å². The van der Waals surface area contributed by atoms with Crippen LogP contribution in [0.5, 0.6) is 11.5 Å². The highest BCUT2D eigenvalue weighted by Crippen LogP contribution is 2.17. The van der Waals surface area contributed by atoms with E-state index in [-0.39, 0.29) is 12.5 Å². The van der Waals surface area contributed by atoms with Gasteiger partial charge in [0, 0.05) is 26.2 Å². The fourth-order valence-electron chi connectivity index (χ4n) is 2.86. The van der Waals surface area contributed by atoms with Crippen LogP contribution in [0.25, 0.3) is 0 Å². The Balaban J connectivity index is 1.47. The molecule has 0 N–H and O–H groups in total. The number of methoxy groups -OCH3 is 1. The summed E-state index contributed by atoms with van der Waals surface area (Å²) in [5.41, 5.74) is 0.685. The Morgan fingerprint density at radius 1 is 1.12 bits per heavy atom. The van der Waals surface area contributed by atoms with Gasteiger partial charge in [0.2, 0.25) is 5.91 Å². The van der Waals surface area contributed by atoms with Gasteiger partial charge in [-0.1, -0.05) is 12.1 Å². The number of nitrogens with zero attached hydrogens (tertiary/aromatic N) is 5. The van der Waals surface area contributed by atoms with Crippen LogP contribution in [0.2, 0.25) is 0 Å². The third kappa shape index (κ3) is 4.72. The maximum absolute atomic E-state index is 12.4. The molecule has 26 heavy (non-hydrogen) atoms. The van der Waals surface area contributed by atoms with Crippen molar-refractivity contribution < 1.29 is 14.3 Å². The van der Waals surface area contributed by atoms with Crippen LogP contribution in [0.3, 0.4) is 0 Å². The molecule has 0 atom stereocenters. The summed E-state index contributed by atoms with van der Waals surface area (Å²) in [5.74, 6) is 1.58. The summed E-state index contributed by atoms with van der Waals surface area (Å²) in [6.45, 7) is 7.09. The largest absolute Gasteiger partial charge is 0.497 e. The lowest BCUT2D eigenvalue weighted by molar-refractivity contribution is -0.133. The van der Waals surface area contributed by atoms with Gasteiger partial charge in [-0.2, -0.15) is 0 Å². The second-order valence-corrected chi connectivity index (χ2v) is 6.19. The van der Waals surface area contributed by atoms with Gasteiger partial charge in [0.05, 0.1) is 13.3 Å². The zero-order valence-corrected chi connectivity index (χ0v) is 15.3. The van der Waals surface area contributed by atoms with E-state index < -0.39 is 0 Å². The number of amides is 1. The van der Waals surface area contributed by atoms with Gasteiger partial charge in [-0.3, -0.25) is 4.79 Å². The van der Waals surface area contributed by atoms with E-state index in [9.17, 15) is 4.79 Å². The Morgan fingerprint density at radius 2 is 1.81 bits per heavy atom. The fraction of sp³-hybridized carbons (Fsp3) is 0.500. The number of likely N-dealkylation sites (N-methyl/N-ethyl adjacent to an activating group) is 1. The Kier molecular flexibility index (Phi) is 6.06. The first-order chi connectivity index (χ1) is 12.7. The lowest BCUT2D eigenvalue weighted by atomic mass is 10.3. The smallest absolute Gasteiger partial charge is 0.244 e. The third-order valence-electron chi connectivity index (χ3n) is 4.50. The molecule has 0 saturated carbocycles. The predicted octanol–water partition coefficient (Wildman–Crippen LogP) is 1.03. The first-order valence-corrected chi connectivity index (χ1v) is 8.84. The van der Waals surface area contributed by atoms with Gasteiger partial charge in [0.1, 0.15) is 30.3 Å². The Morgan fingerprint density at radius 3 is 2.46 bits per heavy atom. The van der Waals surface area contributed by atoms with Crippen molar-refractivity contribution in [2.45, 2.75) is 20.1 Å². The zero-order valence-electron chi connectivity index (χ0n) is 15.3. The minimum atomic E-state index is 0.0771. The Hall–Kier alpha value is -2.61. The Labute approximate surface area is 153 Å². The minimum Gasteiger partial charge on any atom is -0.497 e. The zero-order chi connectivity index (χ0) is 18.4. The van der Waals surface area contributed by atoms with Crippen LogP contribution in [-0.2, 0) is 17.9 Å². The van der Waals surface area contributed by atoms with E-state index in [1.54, 1.807) is 18.0 Å². The van der Waals surface area contributed by atoms with E-state index in [0.29, 0.717) is 12.3 Å². The standard InChI is InChI=1S/C18H25N5O3/c1-3-21-8-10-22(11-9-21)18(24)13-23-12-15(19-20-23)14-26-17-6-4-16(25-2)5-7-17/h4-7,12H,3,8-11,13-14H2,1-2H3. The van der Waals surface area contributed by atoms with Gasteiger partial charge < -0.3 is 19.3 Å².